The van der Waals surface area contributed by atoms with Crippen LogP contribution in [0.15, 0.2) is 42.5 Å². The van der Waals surface area contributed by atoms with Crippen LogP contribution in [0.2, 0.25) is 5.02 Å². The van der Waals surface area contributed by atoms with E-state index in [1.807, 2.05) is 6.92 Å². The summed E-state index contributed by atoms with van der Waals surface area (Å²) in [6, 6.07) is 11.9. The first-order valence-corrected chi connectivity index (χ1v) is 8.24. The maximum absolute atomic E-state index is 11.9. The topological polar surface area (TPSA) is 67.4 Å². The Bertz CT molecular complexity index is 806. The zero-order valence-corrected chi connectivity index (χ0v) is 15.3. The van der Waals surface area contributed by atoms with E-state index in [1.165, 1.54) is 6.92 Å². The fourth-order valence-corrected chi connectivity index (χ4v) is 2.49. The third kappa shape index (κ3) is 5.85. The summed E-state index contributed by atoms with van der Waals surface area (Å²) in [5, 5.41) is 6.16. The van der Waals surface area contributed by atoms with Gasteiger partial charge in [-0.05, 0) is 74.1 Å². The molecule has 0 heterocycles. The second-order valence-electron chi connectivity index (χ2n) is 5.33. The molecule has 7 heteroatoms. The van der Waals surface area contributed by atoms with Gasteiger partial charge in [-0.15, -0.1) is 0 Å². The minimum Gasteiger partial charge on any atom is -0.483 e. The summed E-state index contributed by atoms with van der Waals surface area (Å²) in [5.74, 6) is 0.183. The predicted octanol–water partition coefficient (Wildman–Crippen LogP) is 3.74. The number of thiocarbonyl (C=S) groups is 1. The largest absolute Gasteiger partial charge is 0.483 e. The van der Waals surface area contributed by atoms with E-state index in [0.717, 1.165) is 5.56 Å². The number of Topliss-reactive ketones (excluding diaryl/α,β-unsaturated/α-hetero) is 1. The fourth-order valence-electron chi connectivity index (χ4n) is 2.03. The molecule has 2 aromatic rings. The maximum Gasteiger partial charge on any atom is 0.264 e. The van der Waals surface area contributed by atoms with E-state index in [2.05, 4.69) is 10.6 Å². The number of nitrogens with one attached hydrogen (secondary N) is 2. The summed E-state index contributed by atoms with van der Waals surface area (Å²) in [5.41, 5.74) is 2.11. The van der Waals surface area contributed by atoms with Crippen molar-refractivity contribution in [3.63, 3.8) is 0 Å². The van der Waals surface area contributed by atoms with Gasteiger partial charge in [0.15, 0.2) is 17.5 Å². The number of halogens is 1. The number of hydrogen-bond acceptors (Lipinski definition) is 4. The Hall–Kier alpha value is -2.44. The first-order valence-electron chi connectivity index (χ1n) is 7.46. The van der Waals surface area contributed by atoms with Crippen molar-refractivity contribution in [2.75, 3.05) is 11.9 Å². The molecule has 130 valence electrons. The van der Waals surface area contributed by atoms with Crippen LogP contribution >= 0.6 is 23.8 Å². The number of ether oxygens (including phenoxy) is 1. The first kappa shape index (κ1) is 18.9. The van der Waals surface area contributed by atoms with Crippen LogP contribution in [0.3, 0.4) is 0 Å². The lowest BCUT2D eigenvalue weighted by molar-refractivity contribution is -0.121. The minimum atomic E-state index is -0.382. The van der Waals surface area contributed by atoms with Gasteiger partial charge in [0.25, 0.3) is 5.91 Å². The Morgan fingerprint density at radius 1 is 1.16 bits per heavy atom. The van der Waals surface area contributed by atoms with Gasteiger partial charge >= 0.3 is 0 Å². The number of ketones is 1. The molecule has 0 aliphatic heterocycles. The average molecular weight is 377 g/mol. The van der Waals surface area contributed by atoms with Crippen molar-refractivity contribution in [3.8, 4) is 5.75 Å². The van der Waals surface area contributed by atoms with Gasteiger partial charge < -0.3 is 10.1 Å². The van der Waals surface area contributed by atoms with E-state index >= 15 is 0 Å². The smallest absolute Gasteiger partial charge is 0.264 e. The lowest BCUT2D eigenvalue weighted by atomic mass is 10.1. The molecule has 2 N–H and O–H groups in total. The number of hydrogen-bond donors (Lipinski definition) is 2. The Morgan fingerprint density at radius 3 is 2.44 bits per heavy atom. The Labute approximate surface area is 156 Å². The van der Waals surface area contributed by atoms with Crippen LogP contribution in [0, 0.1) is 6.92 Å². The van der Waals surface area contributed by atoms with Crippen LogP contribution in [0.4, 0.5) is 5.69 Å². The van der Waals surface area contributed by atoms with Gasteiger partial charge in [-0.3, -0.25) is 14.9 Å². The zero-order valence-electron chi connectivity index (χ0n) is 13.8. The number of carbonyl (C=O) groups is 2. The summed E-state index contributed by atoms with van der Waals surface area (Å²) in [4.78, 5) is 23.1. The molecule has 0 spiro atoms. The molecule has 2 rings (SSSR count). The molecule has 0 radical (unpaired) electrons. The highest BCUT2D eigenvalue weighted by molar-refractivity contribution is 7.80. The first-order chi connectivity index (χ1) is 11.8. The van der Waals surface area contributed by atoms with E-state index in [0.29, 0.717) is 22.0 Å². The van der Waals surface area contributed by atoms with Gasteiger partial charge in [0.05, 0.1) is 0 Å². The Balaban J connectivity index is 1.83. The Morgan fingerprint density at radius 2 is 1.84 bits per heavy atom. The SMILES string of the molecule is CC(=O)c1ccc(NC(=S)NC(=O)COc2ccc(Cl)cc2C)cc1. The summed E-state index contributed by atoms with van der Waals surface area (Å²) < 4.78 is 5.45. The highest BCUT2D eigenvalue weighted by Gasteiger charge is 2.08. The second kappa shape index (κ2) is 8.60. The van der Waals surface area contributed by atoms with Gasteiger partial charge in [0.2, 0.25) is 0 Å². The van der Waals surface area contributed by atoms with E-state index in [1.54, 1.807) is 42.5 Å². The molecule has 0 unspecified atom stereocenters. The van der Waals surface area contributed by atoms with Crippen LogP contribution in [0.5, 0.6) is 5.75 Å². The molecule has 0 saturated carbocycles. The monoisotopic (exact) mass is 376 g/mol. The molecule has 0 atom stereocenters. The van der Waals surface area contributed by atoms with Crippen LogP contribution < -0.4 is 15.4 Å². The van der Waals surface area contributed by atoms with Crippen molar-refractivity contribution >= 4 is 46.3 Å². The molecule has 2 aromatic carbocycles. The van der Waals surface area contributed by atoms with E-state index in [-0.39, 0.29) is 23.4 Å². The highest BCUT2D eigenvalue weighted by atomic mass is 35.5. The van der Waals surface area contributed by atoms with Gasteiger partial charge in [0.1, 0.15) is 5.75 Å². The van der Waals surface area contributed by atoms with Crippen LogP contribution in [0.25, 0.3) is 0 Å². The van der Waals surface area contributed by atoms with Gasteiger partial charge in [-0.25, -0.2) is 0 Å². The molecule has 0 aliphatic carbocycles. The number of benzene rings is 2. The van der Waals surface area contributed by atoms with Gasteiger partial charge in [-0.2, -0.15) is 0 Å². The Kier molecular flexibility index (Phi) is 6.50. The summed E-state index contributed by atoms with van der Waals surface area (Å²) in [6.45, 7) is 3.17. The molecule has 0 aliphatic rings. The van der Waals surface area contributed by atoms with Crippen molar-refractivity contribution in [1.29, 1.82) is 0 Å². The van der Waals surface area contributed by atoms with Crippen LogP contribution in [0.1, 0.15) is 22.8 Å². The third-order valence-corrected chi connectivity index (χ3v) is 3.74. The quantitative estimate of drug-likeness (QED) is 0.614. The summed E-state index contributed by atoms with van der Waals surface area (Å²) in [7, 11) is 0. The van der Waals surface area contributed by atoms with Crippen molar-refractivity contribution < 1.29 is 14.3 Å². The van der Waals surface area contributed by atoms with Crippen LogP contribution in [-0.2, 0) is 4.79 Å². The second-order valence-corrected chi connectivity index (χ2v) is 6.18. The normalized spacial score (nSPS) is 10.0. The molecule has 1 amide bonds. The lowest BCUT2D eigenvalue weighted by Crippen LogP contribution is -2.37. The number of aryl methyl sites for hydroxylation is 1. The van der Waals surface area contributed by atoms with E-state index < -0.39 is 0 Å². The van der Waals surface area contributed by atoms with Crippen molar-refractivity contribution in [3.05, 3.63) is 58.6 Å². The standard InChI is InChI=1S/C18H17ClN2O3S/c1-11-9-14(19)5-8-16(11)24-10-17(23)21-18(25)20-15-6-3-13(4-7-15)12(2)22/h3-9H,10H2,1-2H3,(H2,20,21,23,25). The van der Waals surface area contributed by atoms with Gasteiger partial charge in [-0.1, -0.05) is 11.6 Å². The average Bonchev–Trinajstić information content (AvgIpc) is 2.54. The molecule has 0 saturated heterocycles. The minimum absolute atomic E-state index is 0.0166. The maximum atomic E-state index is 11.9. The molecule has 5 nitrogen and oxygen atoms in total. The predicted molar refractivity (Wildman–Crippen MR) is 102 cm³/mol. The molecule has 0 fully saturated rings. The summed E-state index contributed by atoms with van der Waals surface area (Å²) in [6.07, 6.45) is 0. The van der Waals surface area contributed by atoms with Crippen molar-refractivity contribution in [2.45, 2.75) is 13.8 Å². The number of anilines is 1. The zero-order chi connectivity index (χ0) is 18.4. The third-order valence-electron chi connectivity index (χ3n) is 3.30. The van der Waals surface area contributed by atoms with E-state index in [9.17, 15) is 9.59 Å². The van der Waals surface area contributed by atoms with Gasteiger partial charge in [0, 0.05) is 16.3 Å². The number of carbonyl (C=O) groups excluding carboxylic acids is 2. The fraction of sp³-hybridized carbons (Fsp3) is 0.167. The van der Waals surface area contributed by atoms with Crippen LogP contribution in [-0.4, -0.2) is 23.4 Å². The molecule has 0 bridgehead atoms. The van der Waals surface area contributed by atoms with Crippen molar-refractivity contribution in [1.82, 2.24) is 5.32 Å². The molecule has 25 heavy (non-hydrogen) atoms. The lowest BCUT2D eigenvalue weighted by Gasteiger charge is -2.12. The molecule has 0 aromatic heterocycles. The summed E-state index contributed by atoms with van der Waals surface area (Å²) >= 11 is 11.0. The van der Waals surface area contributed by atoms with E-state index in [4.69, 9.17) is 28.6 Å². The molecular formula is C18H17ClN2O3S. The number of amides is 1. The molecular weight excluding hydrogens is 360 g/mol. The highest BCUT2D eigenvalue weighted by Crippen LogP contribution is 2.21. The number of rotatable bonds is 5. The van der Waals surface area contributed by atoms with Crippen molar-refractivity contribution in [2.24, 2.45) is 0 Å².